The molecule has 1 N–H and O–H groups in total. The highest BCUT2D eigenvalue weighted by atomic mass is 16.5. The number of nitrogens with zero attached hydrogens (tertiary/aromatic N) is 2. The van der Waals surface area contributed by atoms with Crippen LogP contribution in [-0.2, 0) is 4.65 Å². The zero-order valence-electron chi connectivity index (χ0n) is 15.9. The van der Waals surface area contributed by atoms with Gasteiger partial charge in [0.15, 0.2) is 11.5 Å². The molecule has 1 aromatic carbocycles. The fourth-order valence-electron chi connectivity index (χ4n) is 3.98. The van der Waals surface area contributed by atoms with Gasteiger partial charge in [0.2, 0.25) is 0 Å². The molecule has 1 saturated heterocycles. The predicted molar refractivity (Wildman–Crippen MR) is 105 cm³/mol. The van der Waals surface area contributed by atoms with Crippen LogP contribution in [0.2, 0.25) is 6.32 Å². The maximum Gasteiger partial charge on any atom is 0.454 e. The number of benzene rings is 1. The van der Waals surface area contributed by atoms with Crippen LogP contribution in [0.1, 0.15) is 42.9 Å². The highest BCUT2D eigenvalue weighted by Crippen LogP contribution is 2.40. The van der Waals surface area contributed by atoms with Gasteiger partial charge in [-0.05, 0) is 56.3 Å². The van der Waals surface area contributed by atoms with Crippen molar-refractivity contribution >= 4 is 7.12 Å². The maximum atomic E-state index is 9.90. The quantitative estimate of drug-likeness (QED) is 0.801. The zero-order chi connectivity index (χ0) is 19.5. The third-order valence-electron chi connectivity index (χ3n) is 5.48. The molecule has 2 heterocycles. The van der Waals surface area contributed by atoms with E-state index in [1.54, 1.807) is 7.11 Å². The van der Waals surface area contributed by atoms with Gasteiger partial charge < -0.3 is 19.2 Å². The molecule has 1 atom stereocenters. The second kappa shape index (κ2) is 8.21. The Balaban J connectivity index is 1.72. The van der Waals surface area contributed by atoms with Crippen LogP contribution in [0, 0.1) is 11.3 Å². The first-order valence-electron chi connectivity index (χ1n) is 9.74. The third kappa shape index (κ3) is 3.71. The summed E-state index contributed by atoms with van der Waals surface area (Å²) in [6.45, 7) is 0.446. The molecule has 1 aliphatic carbocycles. The number of nitriles is 1. The second-order valence-corrected chi connectivity index (χ2v) is 7.32. The minimum atomic E-state index is -0.738. The van der Waals surface area contributed by atoms with Crippen molar-refractivity contribution in [1.29, 1.82) is 5.26 Å². The lowest BCUT2D eigenvalue weighted by Gasteiger charge is -2.19. The molecule has 1 saturated carbocycles. The first-order valence-corrected chi connectivity index (χ1v) is 9.74. The summed E-state index contributed by atoms with van der Waals surface area (Å²) < 4.78 is 16.9. The predicted octanol–water partition coefficient (Wildman–Crippen LogP) is 3.54. The normalized spacial score (nSPS) is 19.6. The highest BCUT2D eigenvalue weighted by molar-refractivity contribution is 6.43. The van der Waals surface area contributed by atoms with Gasteiger partial charge in [0.1, 0.15) is 11.6 Å². The Hall–Kier alpha value is -2.56. The lowest BCUT2D eigenvalue weighted by atomic mass is 9.81. The van der Waals surface area contributed by atoms with Crippen molar-refractivity contribution in [1.82, 2.24) is 4.98 Å². The van der Waals surface area contributed by atoms with E-state index in [0.29, 0.717) is 35.7 Å². The Bertz CT molecular complexity index is 892. The molecular formula is C21H23BN2O4. The maximum absolute atomic E-state index is 9.90. The summed E-state index contributed by atoms with van der Waals surface area (Å²) >= 11 is 0. The van der Waals surface area contributed by atoms with Crippen LogP contribution in [-0.4, -0.2) is 36.9 Å². The van der Waals surface area contributed by atoms with Gasteiger partial charge in [0.25, 0.3) is 0 Å². The Morgan fingerprint density at radius 1 is 1.25 bits per heavy atom. The highest BCUT2D eigenvalue weighted by Gasteiger charge is 2.31. The fraction of sp³-hybridized carbons (Fsp3) is 0.429. The van der Waals surface area contributed by atoms with Crippen molar-refractivity contribution in [3.05, 3.63) is 41.6 Å². The summed E-state index contributed by atoms with van der Waals surface area (Å²) in [6, 6.07) is 11.7. The summed E-state index contributed by atoms with van der Waals surface area (Å²) in [5, 5.41) is 19.5. The average molecular weight is 378 g/mol. The minimum Gasteiger partial charge on any atom is -0.493 e. The van der Waals surface area contributed by atoms with Crippen molar-refractivity contribution in [2.24, 2.45) is 0 Å². The van der Waals surface area contributed by atoms with E-state index >= 15 is 0 Å². The minimum absolute atomic E-state index is 0.0490. The number of hydrogen-bond donors (Lipinski definition) is 1. The number of methoxy groups -OCH3 is 1. The van der Waals surface area contributed by atoms with Gasteiger partial charge >= 0.3 is 7.12 Å². The molecule has 4 rings (SSSR count). The van der Waals surface area contributed by atoms with Crippen molar-refractivity contribution in [2.75, 3.05) is 13.7 Å². The Kier molecular flexibility index (Phi) is 5.51. The number of rotatable bonds is 5. The number of pyridine rings is 1. The molecule has 2 aromatic rings. The molecule has 144 valence electrons. The van der Waals surface area contributed by atoms with E-state index in [1.165, 1.54) is 0 Å². The van der Waals surface area contributed by atoms with Gasteiger partial charge in [0.05, 0.1) is 18.9 Å². The van der Waals surface area contributed by atoms with E-state index in [4.69, 9.17) is 19.1 Å². The summed E-state index contributed by atoms with van der Waals surface area (Å²) in [5.41, 5.74) is 2.72. The molecule has 7 heteroatoms. The first-order chi connectivity index (χ1) is 13.7. The van der Waals surface area contributed by atoms with Crippen LogP contribution in [0.25, 0.3) is 11.3 Å². The largest absolute Gasteiger partial charge is 0.493 e. The van der Waals surface area contributed by atoms with Crippen molar-refractivity contribution in [2.45, 2.75) is 44.0 Å². The van der Waals surface area contributed by atoms with Crippen LogP contribution in [0.4, 0.5) is 0 Å². The van der Waals surface area contributed by atoms with Crippen LogP contribution in [0.3, 0.4) is 0 Å². The Labute approximate surface area is 165 Å². The van der Waals surface area contributed by atoms with Gasteiger partial charge in [-0.25, -0.2) is 0 Å². The van der Waals surface area contributed by atoms with Crippen LogP contribution in [0.15, 0.2) is 30.3 Å². The SMILES string of the molecule is COc1ccc(-c2cccc([C@@H]3COB(O)C3)n2)c(C#N)c1OC1CCCC1. The first kappa shape index (κ1) is 18.8. The van der Waals surface area contributed by atoms with E-state index < -0.39 is 7.12 Å². The summed E-state index contributed by atoms with van der Waals surface area (Å²) in [4.78, 5) is 4.76. The van der Waals surface area contributed by atoms with E-state index in [-0.39, 0.29) is 12.0 Å². The third-order valence-corrected chi connectivity index (χ3v) is 5.48. The van der Waals surface area contributed by atoms with E-state index in [1.807, 2.05) is 30.3 Å². The van der Waals surface area contributed by atoms with Crippen molar-refractivity contribution in [3.63, 3.8) is 0 Å². The molecule has 28 heavy (non-hydrogen) atoms. The molecule has 0 spiro atoms. The molecular weight excluding hydrogens is 355 g/mol. The summed E-state index contributed by atoms with van der Waals surface area (Å²) in [7, 11) is 0.847. The molecule has 6 nitrogen and oxygen atoms in total. The van der Waals surface area contributed by atoms with E-state index in [9.17, 15) is 10.3 Å². The monoisotopic (exact) mass is 378 g/mol. The molecule has 0 bridgehead atoms. The number of aromatic nitrogens is 1. The number of hydrogen-bond acceptors (Lipinski definition) is 6. The Morgan fingerprint density at radius 2 is 2.07 bits per heavy atom. The topological polar surface area (TPSA) is 84.6 Å². The van der Waals surface area contributed by atoms with Crippen LogP contribution < -0.4 is 9.47 Å². The molecule has 0 amide bonds. The van der Waals surface area contributed by atoms with Crippen LogP contribution in [0.5, 0.6) is 11.5 Å². The molecule has 1 aliphatic heterocycles. The van der Waals surface area contributed by atoms with E-state index in [0.717, 1.165) is 36.9 Å². The molecule has 1 aromatic heterocycles. The van der Waals surface area contributed by atoms with Gasteiger partial charge in [-0.15, -0.1) is 0 Å². The smallest absolute Gasteiger partial charge is 0.454 e. The number of ether oxygens (including phenoxy) is 2. The van der Waals surface area contributed by atoms with Gasteiger partial charge in [0, 0.05) is 23.8 Å². The summed E-state index contributed by atoms with van der Waals surface area (Å²) in [6.07, 6.45) is 4.93. The fourth-order valence-corrected chi connectivity index (χ4v) is 3.98. The van der Waals surface area contributed by atoms with Gasteiger partial charge in [-0.2, -0.15) is 5.26 Å². The standard InChI is InChI=1S/C21H23BN2O4/c1-26-20-10-9-16(17(12-23)21(20)28-15-5-2-3-6-15)19-8-4-7-18(24-19)14-11-22(25)27-13-14/h4,7-10,14-15,25H,2-3,5-6,11,13H2,1H3/t14-/m0/s1. The molecule has 0 unspecified atom stereocenters. The molecule has 2 fully saturated rings. The Morgan fingerprint density at radius 3 is 2.75 bits per heavy atom. The van der Waals surface area contributed by atoms with Gasteiger partial charge in [-0.1, -0.05) is 6.07 Å². The van der Waals surface area contributed by atoms with Crippen molar-refractivity contribution in [3.8, 4) is 28.8 Å². The zero-order valence-corrected chi connectivity index (χ0v) is 15.9. The van der Waals surface area contributed by atoms with E-state index in [2.05, 4.69) is 6.07 Å². The lowest BCUT2D eigenvalue weighted by Crippen LogP contribution is -2.13. The second-order valence-electron chi connectivity index (χ2n) is 7.32. The van der Waals surface area contributed by atoms with Gasteiger partial charge in [-0.3, -0.25) is 4.98 Å². The molecule has 0 radical (unpaired) electrons. The van der Waals surface area contributed by atoms with Crippen molar-refractivity contribution < 1.29 is 19.2 Å². The molecule has 2 aliphatic rings. The van der Waals surface area contributed by atoms with Crippen LogP contribution >= 0.6 is 0 Å². The average Bonchev–Trinajstić information content (AvgIpc) is 3.39. The summed E-state index contributed by atoms with van der Waals surface area (Å²) in [5.74, 6) is 1.12. The lowest BCUT2D eigenvalue weighted by molar-refractivity contribution is 0.200.